The first-order valence-electron chi connectivity index (χ1n) is 3.57. The molecule has 0 fully saturated rings. The van der Waals surface area contributed by atoms with Gasteiger partial charge < -0.3 is 11.0 Å². The second-order valence-corrected chi connectivity index (χ2v) is 2.86. The third-order valence-electron chi connectivity index (χ3n) is 1.33. The van der Waals surface area contributed by atoms with Crippen molar-refractivity contribution in [3.63, 3.8) is 0 Å². The first-order chi connectivity index (χ1) is 5.11. The molecule has 0 rings (SSSR count). The molecule has 0 amide bonds. The van der Waals surface area contributed by atoms with Crippen molar-refractivity contribution in [2.75, 3.05) is 0 Å². The summed E-state index contributed by atoms with van der Waals surface area (Å²) in [6, 6.07) is 0. The smallest absolute Gasteiger partial charge is 0.103 e. The van der Waals surface area contributed by atoms with Crippen LogP contribution in [0.4, 0.5) is 0 Å². The maximum Gasteiger partial charge on any atom is 0.103 e. The molecule has 64 valence electrons. The van der Waals surface area contributed by atoms with Crippen molar-refractivity contribution in [3.05, 3.63) is 0 Å². The predicted molar refractivity (Wildman–Crippen MR) is 46.0 cm³/mol. The van der Waals surface area contributed by atoms with Crippen molar-refractivity contribution in [2.24, 2.45) is 22.0 Å². The van der Waals surface area contributed by atoms with E-state index in [0.717, 1.165) is 0 Å². The number of hydrogen-bond acceptors (Lipinski definition) is 4. The lowest BCUT2D eigenvalue weighted by Crippen LogP contribution is -2.14. The molecule has 0 saturated carbocycles. The van der Waals surface area contributed by atoms with Gasteiger partial charge in [0.15, 0.2) is 0 Å². The van der Waals surface area contributed by atoms with Crippen molar-refractivity contribution < 1.29 is 5.21 Å². The van der Waals surface area contributed by atoms with Gasteiger partial charge in [-0.2, -0.15) is 5.10 Å². The van der Waals surface area contributed by atoms with Gasteiger partial charge in [-0.15, -0.1) is 0 Å². The van der Waals surface area contributed by atoms with Crippen molar-refractivity contribution in [3.8, 4) is 0 Å². The topological polar surface area (TPSA) is 71.0 Å². The summed E-state index contributed by atoms with van der Waals surface area (Å²) in [5, 5.41) is 15.1. The highest BCUT2D eigenvalue weighted by Crippen LogP contribution is 2.02. The molecule has 0 radical (unpaired) electrons. The molecule has 4 heteroatoms. The lowest BCUT2D eigenvalue weighted by molar-refractivity contribution is 0.318. The van der Waals surface area contributed by atoms with Gasteiger partial charge in [0.05, 0.1) is 5.71 Å². The molecule has 0 bridgehead atoms. The maximum atomic E-state index is 8.53. The van der Waals surface area contributed by atoms with E-state index in [0.29, 0.717) is 23.8 Å². The molecule has 4 nitrogen and oxygen atoms in total. The van der Waals surface area contributed by atoms with E-state index in [1.807, 2.05) is 13.8 Å². The van der Waals surface area contributed by atoms with E-state index in [1.165, 1.54) is 0 Å². The summed E-state index contributed by atoms with van der Waals surface area (Å²) in [4.78, 5) is 0. The zero-order valence-corrected chi connectivity index (χ0v) is 7.20. The molecule has 0 unspecified atom stereocenters. The molecule has 0 aliphatic heterocycles. The van der Waals surface area contributed by atoms with E-state index in [4.69, 9.17) is 11.0 Å². The monoisotopic (exact) mass is 157 g/mol. The molecule has 0 saturated heterocycles. The maximum absolute atomic E-state index is 8.53. The normalized spacial score (nSPS) is 14.2. The summed E-state index contributed by atoms with van der Waals surface area (Å²) < 4.78 is 0. The molecule has 0 aromatic carbocycles. The van der Waals surface area contributed by atoms with Gasteiger partial charge in [-0.25, -0.2) is 0 Å². The lowest BCUT2D eigenvalue weighted by Gasteiger charge is -2.04. The van der Waals surface area contributed by atoms with Crippen LogP contribution in [-0.4, -0.2) is 16.6 Å². The van der Waals surface area contributed by atoms with E-state index in [1.54, 1.807) is 6.92 Å². The minimum Gasteiger partial charge on any atom is -0.411 e. The van der Waals surface area contributed by atoms with Gasteiger partial charge in [-0.05, 0) is 19.3 Å². The molecular formula is C7H15N3O. The highest BCUT2D eigenvalue weighted by Gasteiger charge is 2.06. The zero-order chi connectivity index (χ0) is 8.85. The van der Waals surface area contributed by atoms with Crippen LogP contribution in [0.25, 0.3) is 0 Å². The Bertz CT molecular complexity index is 173. The van der Waals surface area contributed by atoms with Crippen LogP contribution in [0.5, 0.6) is 0 Å². The van der Waals surface area contributed by atoms with Crippen LogP contribution < -0.4 is 5.84 Å². The van der Waals surface area contributed by atoms with Crippen LogP contribution in [0, 0.1) is 5.92 Å². The summed E-state index contributed by atoms with van der Waals surface area (Å²) in [5.74, 6) is 5.46. The zero-order valence-electron chi connectivity index (χ0n) is 7.20. The van der Waals surface area contributed by atoms with Crippen LogP contribution in [-0.2, 0) is 0 Å². The van der Waals surface area contributed by atoms with E-state index in [2.05, 4.69) is 10.3 Å². The first-order valence-corrected chi connectivity index (χ1v) is 3.57. The van der Waals surface area contributed by atoms with Crippen LogP contribution in [0.2, 0.25) is 0 Å². The van der Waals surface area contributed by atoms with Crippen molar-refractivity contribution in [1.29, 1.82) is 0 Å². The second kappa shape index (κ2) is 4.71. The first kappa shape index (κ1) is 9.94. The average molecular weight is 157 g/mol. The summed E-state index contributed by atoms with van der Waals surface area (Å²) in [7, 11) is 0. The van der Waals surface area contributed by atoms with Gasteiger partial charge in [0.1, 0.15) is 5.71 Å². The van der Waals surface area contributed by atoms with Gasteiger partial charge >= 0.3 is 0 Å². The molecule has 0 spiro atoms. The fourth-order valence-electron chi connectivity index (χ4n) is 0.722. The van der Waals surface area contributed by atoms with Gasteiger partial charge in [-0.3, -0.25) is 0 Å². The predicted octanol–water partition coefficient (Wildman–Crippen LogP) is 1.20. The standard InChI is InChI=1S/C7H15N3O/c1-5(2)4-7(10-11)6(3)9-8/h5,11H,4,8H2,1-3H3/b9-6+,10-7-. The number of hydrogen-bond donors (Lipinski definition) is 2. The average Bonchev–Trinajstić information content (AvgIpc) is 1.98. The number of nitrogens with two attached hydrogens (primary N) is 1. The Balaban J connectivity index is 4.21. The molecule has 0 heterocycles. The van der Waals surface area contributed by atoms with Crippen molar-refractivity contribution in [2.45, 2.75) is 27.2 Å². The van der Waals surface area contributed by atoms with Crippen molar-refractivity contribution in [1.82, 2.24) is 0 Å². The number of nitrogens with zero attached hydrogens (tertiary/aromatic N) is 2. The molecular weight excluding hydrogens is 142 g/mol. The summed E-state index contributed by atoms with van der Waals surface area (Å²) >= 11 is 0. The Hall–Kier alpha value is -1.06. The third kappa shape index (κ3) is 3.60. The van der Waals surface area contributed by atoms with Gasteiger partial charge in [-0.1, -0.05) is 19.0 Å². The minimum absolute atomic E-state index is 0.442. The Labute approximate surface area is 66.8 Å². The fourth-order valence-corrected chi connectivity index (χ4v) is 0.722. The fraction of sp³-hybridized carbons (Fsp3) is 0.714. The molecule has 3 N–H and O–H groups in total. The van der Waals surface area contributed by atoms with Gasteiger partial charge in [0.25, 0.3) is 0 Å². The quantitative estimate of drug-likeness (QED) is 0.279. The van der Waals surface area contributed by atoms with Crippen molar-refractivity contribution >= 4 is 11.4 Å². The third-order valence-corrected chi connectivity index (χ3v) is 1.33. The summed E-state index contributed by atoms with van der Waals surface area (Å²) in [5.41, 5.74) is 1.14. The van der Waals surface area contributed by atoms with E-state index in [9.17, 15) is 0 Å². The Morgan fingerprint density at radius 1 is 1.55 bits per heavy atom. The van der Waals surface area contributed by atoms with Crippen LogP contribution in [0.1, 0.15) is 27.2 Å². The van der Waals surface area contributed by atoms with Crippen LogP contribution in [0.15, 0.2) is 10.3 Å². The van der Waals surface area contributed by atoms with Crippen LogP contribution >= 0.6 is 0 Å². The van der Waals surface area contributed by atoms with Gasteiger partial charge in [0.2, 0.25) is 0 Å². The molecule has 0 aliphatic carbocycles. The minimum atomic E-state index is 0.442. The second-order valence-electron chi connectivity index (χ2n) is 2.86. The van der Waals surface area contributed by atoms with Crippen LogP contribution in [0.3, 0.4) is 0 Å². The summed E-state index contributed by atoms with van der Waals surface area (Å²) in [6.45, 7) is 5.79. The van der Waals surface area contributed by atoms with Gasteiger partial charge in [0, 0.05) is 0 Å². The highest BCUT2D eigenvalue weighted by molar-refractivity contribution is 6.41. The largest absolute Gasteiger partial charge is 0.411 e. The number of hydrazone groups is 1. The van der Waals surface area contributed by atoms with E-state index >= 15 is 0 Å². The SMILES string of the molecule is CC(=N\N)/C(CC(C)C)=N\O. The summed E-state index contributed by atoms with van der Waals surface area (Å²) in [6.07, 6.45) is 0.697. The molecule has 0 aromatic heterocycles. The molecule has 11 heavy (non-hydrogen) atoms. The van der Waals surface area contributed by atoms with E-state index < -0.39 is 0 Å². The lowest BCUT2D eigenvalue weighted by atomic mass is 10.0. The molecule has 0 aliphatic rings. The Morgan fingerprint density at radius 3 is 2.36 bits per heavy atom. The Morgan fingerprint density at radius 2 is 2.09 bits per heavy atom. The Kier molecular flexibility index (Phi) is 4.26. The number of rotatable bonds is 3. The van der Waals surface area contributed by atoms with E-state index in [-0.39, 0.29) is 0 Å². The highest BCUT2D eigenvalue weighted by atomic mass is 16.4. The molecule has 0 aromatic rings. The molecule has 0 atom stereocenters. The number of oxime groups is 1.